The second-order valence-corrected chi connectivity index (χ2v) is 5.50. The molecule has 23 heavy (non-hydrogen) atoms. The molecule has 2 aromatic carbocycles. The summed E-state index contributed by atoms with van der Waals surface area (Å²) in [5.74, 6) is 1.44. The van der Waals surface area contributed by atoms with Gasteiger partial charge in [-0.2, -0.15) is 5.26 Å². The maximum absolute atomic E-state index is 9.26. The van der Waals surface area contributed by atoms with Gasteiger partial charge in [-0.05, 0) is 42.5 Å². The van der Waals surface area contributed by atoms with Crippen molar-refractivity contribution >= 4 is 23.2 Å². The van der Waals surface area contributed by atoms with Gasteiger partial charge in [0, 0.05) is 5.56 Å². The molecule has 0 amide bonds. The first kappa shape index (κ1) is 15.4. The van der Waals surface area contributed by atoms with E-state index >= 15 is 0 Å². The third-order valence-corrected chi connectivity index (χ3v) is 3.65. The Bertz CT molecular complexity index is 872. The van der Waals surface area contributed by atoms with E-state index in [1.165, 1.54) is 6.07 Å². The van der Waals surface area contributed by atoms with Crippen molar-refractivity contribution in [2.45, 2.75) is 0 Å². The van der Waals surface area contributed by atoms with Crippen LogP contribution in [0.25, 0.3) is 11.3 Å². The zero-order valence-electron chi connectivity index (χ0n) is 11.8. The third kappa shape index (κ3) is 3.45. The van der Waals surface area contributed by atoms with Crippen molar-refractivity contribution in [1.29, 1.82) is 5.26 Å². The number of nitriles is 1. The normalized spacial score (nSPS) is 10.1. The molecular weight excluding hydrogens is 331 g/mol. The van der Waals surface area contributed by atoms with Crippen LogP contribution in [0.5, 0.6) is 11.5 Å². The zero-order chi connectivity index (χ0) is 16.2. The minimum atomic E-state index is 0.244. The molecule has 0 fully saturated rings. The van der Waals surface area contributed by atoms with E-state index in [2.05, 4.69) is 11.1 Å². The summed E-state index contributed by atoms with van der Waals surface area (Å²) in [5.41, 5.74) is 1.50. The highest BCUT2D eigenvalue weighted by Gasteiger charge is 2.12. The number of halogens is 2. The monoisotopic (exact) mass is 340 g/mol. The van der Waals surface area contributed by atoms with Gasteiger partial charge < -0.3 is 4.74 Å². The predicted octanol–water partition coefficient (Wildman–Crippen LogP) is 5.72. The van der Waals surface area contributed by atoms with Crippen LogP contribution < -0.4 is 4.74 Å². The van der Waals surface area contributed by atoms with Crippen molar-refractivity contribution < 1.29 is 4.74 Å². The lowest BCUT2D eigenvalue weighted by Gasteiger charge is -2.08. The molecule has 0 atom stereocenters. The van der Waals surface area contributed by atoms with Crippen LogP contribution in [0.2, 0.25) is 10.2 Å². The van der Waals surface area contributed by atoms with Crippen LogP contribution in [0.1, 0.15) is 5.56 Å². The van der Waals surface area contributed by atoms with Crippen molar-refractivity contribution in [3.8, 4) is 28.8 Å². The maximum atomic E-state index is 9.26. The van der Waals surface area contributed by atoms with Gasteiger partial charge in [-0.15, -0.1) is 0 Å². The molecule has 112 valence electrons. The summed E-state index contributed by atoms with van der Waals surface area (Å²) in [6.07, 6.45) is 0. The van der Waals surface area contributed by atoms with Gasteiger partial charge in [-0.1, -0.05) is 41.4 Å². The van der Waals surface area contributed by atoms with Crippen LogP contribution in [-0.4, -0.2) is 4.98 Å². The van der Waals surface area contributed by atoms with Crippen LogP contribution in [0.3, 0.4) is 0 Å². The fraction of sp³-hybridized carbons (Fsp3) is 0. The molecule has 3 rings (SSSR count). The standard InChI is InChI=1S/C18H10Cl2N2O/c19-16-10-17(20)22-18(15(16)11-21)12-6-8-14(9-7-12)23-13-4-2-1-3-5-13/h1-10H. The van der Waals surface area contributed by atoms with Gasteiger partial charge in [0.15, 0.2) is 0 Å². The molecule has 5 heteroatoms. The molecule has 0 saturated carbocycles. The number of hydrogen-bond donors (Lipinski definition) is 0. The van der Waals surface area contributed by atoms with E-state index in [4.69, 9.17) is 27.9 Å². The van der Waals surface area contributed by atoms with Gasteiger partial charge >= 0.3 is 0 Å². The number of ether oxygens (including phenoxy) is 1. The molecule has 0 unspecified atom stereocenters. The van der Waals surface area contributed by atoms with Crippen LogP contribution in [0.4, 0.5) is 0 Å². The van der Waals surface area contributed by atoms with E-state index < -0.39 is 0 Å². The van der Waals surface area contributed by atoms with E-state index in [0.29, 0.717) is 17.0 Å². The quantitative estimate of drug-likeness (QED) is 0.573. The Kier molecular flexibility index (Phi) is 4.47. The second kappa shape index (κ2) is 6.70. The molecule has 1 heterocycles. The van der Waals surface area contributed by atoms with E-state index in [0.717, 1.165) is 11.3 Å². The lowest BCUT2D eigenvalue weighted by atomic mass is 10.1. The molecule has 0 bridgehead atoms. The van der Waals surface area contributed by atoms with Crippen molar-refractivity contribution in [2.24, 2.45) is 0 Å². The van der Waals surface area contributed by atoms with Gasteiger partial charge in [-0.25, -0.2) is 4.98 Å². The maximum Gasteiger partial charge on any atom is 0.131 e. The number of pyridine rings is 1. The third-order valence-electron chi connectivity index (χ3n) is 3.16. The van der Waals surface area contributed by atoms with Crippen molar-refractivity contribution in [3.05, 3.63) is 76.4 Å². The molecule has 0 aliphatic carbocycles. The summed E-state index contributed by atoms with van der Waals surface area (Å²) in [7, 11) is 0. The average molecular weight is 341 g/mol. The molecule has 0 radical (unpaired) electrons. The summed E-state index contributed by atoms with van der Waals surface area (Å²) in [4.78, 5) is 4.21. The average Bonchev–Trinajstić information content (AvgIpc) is 2.56. The van der Waals surface area contributed by atoms with Crippen molar-refractivity contribution in [2.75, 3.05) is 0 Å². The SMILES string of the molecule is N#Cc1c(Cl)cc(Cl)nc1-c1ccc(Oc2ccccc2)cc1. The highest BCUT2D eigenvalue weighted by Crippen LogP contribution is 2.31. The molecule has 0 aliphatic heterocycles. The van der Waals surface area contributed by atoms with Crippen LogP contribution in [-0.2, 0) is 0 Å². The van der Waals surface area contributed by atoms with Gasteiger partial charge in [0.05, 0.1) is 16.3 Å². The summed E-state index contributed by atoms with van der Waals surface area (Å²) in [6.45, 7) is 0. The lowest BCUT2D eigenvalue weighted by molar-refractivity contribution is 0.483. The summed E-state index contributed by atoms with van der Waals surface area (Å²) in [5, 5.41) is 9.79. The van der Waals surface area contributed by atoms with Gasteiger partial charge in [-0.3, -0.25) is 0 Å². The van der Waals surface area contributed by atoms with Crippen LogP contribution >= 0.6 is 23.2 Å². The first-order valence-corrected chi connectivity index (χ1v) is 7.52. The van der Waals surface area contributed by atoms with Crippen molar-refractivity contribution in [3.63, 3.8) is 0 Å². The van der Waals surface area contributed by atoms with Crippen LogP contribution in [0.15, 0.2) is 60.7 Å². The molecular formula is C18H10Cl2N2O. The Morgan fingerprint density at radius 3 is 2.22 bits per heavy atom. The molecule has 0 N–H and O–H groups in total. The lowest BCUT2D eigenvalue weighted by Crippen LogP contribution is -1.92. The summed E-state index contributed by atoms with van der Waals surface area (Å²) in [6, 6.07) is 20.2. The molecule has 0 aliphatic rings. The topological polar surface area (TPSA) is 45.9 Å². The van der Waals surface area contributed by atoms with Crippen molar-refractivity contribution in [1.82, 2.24) is 4.98 Å². The number of hydrogen-bond acceptors (Lipinski definition) is 3. The number of nitrogens with zero attached hydrogens (tertiary/aromatic N) is 2. The van der Waals surface area contributed by atoms with E-state index in [-0.39, 0.29) is 10.2 Å². The second-order valence-electron chi connectivity index (χ2n) is 4.70. The van der Waals surface area contributed by atoms with E-state index in [9.17, 15) is 5.26 Å². The van der Waals surface area contributed by atoms with Gasteiger partial charge in [0.1, 0.15) is 22.7 Å². The Balaban J connectivity index is 1.93. The zero-order valence-corrected chi connectivity index (χ0v) is 13.3. The molecule has 0 saturated heterocycles. The number of rotatable bonds is 3. The molecule has 3 nitrogen and oxygen atoms in total. The fourth-order valence-electron chi connectivity index (χ4n) is 2.11. The number of para-hydroxylation sites is 1. The largest absolute Gasteiger partial charge is 0.457 e. The Morgan fingerprint density at radius 2 is 1.57 bits per heavy atom. The molecule has 0 spiro atoms. The summed E-state index contributed by atoms with van der Waals surface area (Å²) >= 11 is 12.0. The highest BCUT2D eigenvalue weighted by atomic mass is 35.5. The number of benzene rings is 2. The van der Waals surface area contributed by atoms with E-state index in [1.54, 1.807) is 12.1 Å². The fourth-order valence-corrected chi connectivity index (χ4v) is 2.59. The smallest absolute Gasteiger partial charge is 0.131 e. The van der Waals surface area contributed by atoms with Gasteiger partial charge in [0.25, 0.3) is 0 Å². The summed E-state index contributed by atoms with van der Waals surface area (Å²) < 4.78 is 5.74. The van der Waals surface area contributed by atoms with Gasteiger partial charge in [0.2, 0.25) is 0 Å². The Labute approximate surface area is 143 Å². The first-order chi connectivity index (χ1) is 11.2. The van der Waals surface area contributed by atoms with E-state index in [1.807, 2.05) is 42.5 Å². The predicted molar refractivity (Wildman–Crippen MR) is 90.9 cm³/mol. The minimum absolute atomic E-state index is 0.244. The van der Waals surface area contributed by atoms with Crippen LogP contribution in [0, 0.1) is 11.3 Å². The first-order valence-electron chi connectivity index (χ1n) is 6.77. The molecule has 3 aromatic rings. The minimum Gasteiger partial charge on any atom is -0.457 e. The number of aromatic nitrogens is 1. The Hall–Kier alpha value is -2.54. The molecule has 1 aromatic heterocycles. The Morgan fingerprint density at radius 1 is 0.913 bits per heavy atom. The highest BCUT2D eigenvalue weighted by molar-refractivity contribution is 6.35.